The molecule has 1 aromatic carbocycles. The van der Waals surface area contributed by atoms with Crippen molar-refractivity contribution >= 4 is 6.09 Å². The van der Waals surface area contributed by atoms with Gasteiger partial charge in [0.15, 0.2) is 11.6 Å². The smallest absolute Gasteiger partial charge is 0.410 e. The minimum atomic E-state index is -0.916. The molecule has 0 spiro atoms. The summed E-state index contributed by atoms with van der Waals surface area (Å²) in [5.74, 6) is -1.81. The van der Waals surface area contributed by atoms with Crippen molar-refractivity contribution in [1.82, 2.24) is 10.2 Å². The molecule has 1 aliphatic heterocycles. The van der Waals surface area contributed by atoms with Crippen LogP contribution in [-0.4, -0.2) is 35.7 Å². The number of nitrogens with one attached hydrogen (secondary N) is 1. The van der Waals surface area contributed by atoms with Crippen LogP contribution in [0.4, 0.5) is 13.6 Å². The number of amides is 1. The quantitative estimate of drug-likeness (QED) is 0.865. The summed E-state index contributed by atoms with van der Waals surface area (Å²) in [5, 5.41) is 3.25. The van der Waals surface area contributed by atoms with Crippen LogP contribution >= 0.6 is 0 Å². The number of carbonyl (C=O) groups is 1. The number of benzene rings is 1. The number of nitrogens with zero attached hydrogens (tertiary/aromatic N) is 1. The first-order valence-electron chi connectivity index (χ1n) is 7.35. The minimum Gasteiger partial charge on any atom is -0.444 e. The van der Waals surface area contributed by atoms with Crippen molar-refractivity contribution in [2.75, 3.05) is 13.1 Å². The van der Waals surface area contributed by atoms with Crippen LogP contribution in [0.3, 0.4) is 0 Å². The van der Waals surface area contributed by atoms with E-state index in [0.29, 0.717) is 18.7 Å². The van der Waals surface area contributed by atoms with Gasteiger partial charge in [0, 0.05) is 19.1 Å². The highest BCUT2D eigenvalue weighted by Gasteiger charge is 2.34. The molecule has 1 N–H and O–H groups in total. The second-order valence-electron chi connectivity index (χ2n) is 6.63. The molecule has 122 valence electrons. The summed E-state index contributed by atoms with van der Waals surface area (Å²) in [6, 6.07) is 3.43. The van der Waals surface area contributed by atoms with E-state index in [0.717, 1.165) is 12.1 Å². The van der Waals surface area contributed by atoms with Gasteiger partial charge < -0.3 is 10.1 Å². The lowest BCUT2D eigenvalue weighted by Gasteiger charge is -2.40. The monoisotopic (exact) mass is 312 g/mol. The zero-order valence-corrected chi connectivity index (χ0v) is 13.3. The lowest BCUT2D eigenvalue weighted by atomic mass is 10.0. The Hall–Kier alpha value is -1.69. The number of ether oxygens (including phenoxy) is 1. The first-order valence-corrected chi connectivity index (χ1v) is 7.35. The van der Waals surface area contributed by atoms with E-state index in [9.17, 15) is 13.6 Å². The molecule has 6 heteroatoms. The van der Waals surface area contributed by atoms with Crippen molar-refractivity contribution in [2.24, 2.45) is 0 Å². The molecule has 1 heterocycles. The molecule has 1 aromatic rings. The van der Waals surface area contributed by atoms with E-state index in [1.807, 2.05) is 6.92 Å². The molecule has 0 aromatic heterocycles. The van der Waals surface area contributed by atoms with Crippen LogP contribution in [0.1, 0.15) is 39.3 Å². The van der Waals surface area contributed by atoms with Crippen molar-refractivity contribution in [3.8, 4) is 0 Å². The average molecular weight is 312 g/mol. The molecular weight excluding hydrogens is 290 g/mol. The van der Waals surface area contributed by atoms with E-state index in [1.165, 1.54) is 6.07 Å². The number of hydrogen-bond acceptors (Lipinski definition) is 3. The zero-order chi connectivity index (χ0) is 16.5. The van der Waals surface area contributed by atoms with E-state index >= 15 is 0 Å². The Morgan fingerprint density at radius 2 is 2.00 bits per heavy atom. The van der Waals surface area contributed by atoms with Gasteiger partial charge >= 0.3 is 6.09 Å². The minimum absolute atomic E-state index is 0.106. The Balaban J connectivity index is 2.26. The molecule has 0 unspecified atom stereocenters. The van der Waals surface area contributed by atoms with Crippen molar-refractivity contribution in [3.63, 3.8) is 0 Å². The molecule has 1 amide bonds. The summed E-state index contributed by atoms with van der Waals surface area (Å²) < 4.78 is 32.0. The fraction of sp³-hybridized carbons (Fsp3) is 0.562. The summed E-state index contributed by atoms with van der Waals surface area (Å²) in [4.78, 5) is 14.0. The number of carbonyl (C=O) groups excluding carboxylic acids is 1. The molecule has 1 saturated heterocycles. The molecule has 1 fully saturated rings. The molecule has 2 atom stereocenters. The first-order chi connectivity index (χ1) is 10.2. The summed E-state index contributed by atoms with van der Waals surface area (Å²) in [7, 11) is 0. The Kier molecular flexibility index (Phi) is 4.70. The highest BCUT2D eigenvalue weighted by atomic mass is 19.2. The van der Waals surface area contributed by atoms with Crippen LogP contribution in [0.15, 0.2) is 18.2 Å². The van der Waals surface area contributed by atoms with Crippen LogP contribution in [0.25, 0.3) is 0 Å². The molecule has 22 heavy (non-hydrogen) atoms. The Bertz CT molecular complexity index is 558. The molecule has 2 rings (SSSR count). The fourth-order valence-electron chi connectivity index (χ4n) is 2.45. The van der Waals surface area contributed by atoms with Gasteiger partial charge in [0.2, 0.25) is 0 Å². The third-order valence-corrected chi connectivity index (χ3v) is 3.46. The van der Waals surface area contributed by atoms with Gasteiger partial charge in [-0.3, -0.25) is 4.90 Å². The standard InChI is InChI=1S/C16H22F2N2O2/c1-10-9-20(15(21)22-16(2,3)4)14(8-19-10)11-5-6-12(17)13(18)7-11/h5-7,10,14,19H,8-9H2,1-4H3/t10-,14-/m1/s1. The molecule has 0 bridgehead atoms. The topological polar surface area (TPSA) is 41.6 Å². The van der Waals surface area contributed by atoms with Gasteiger partial charge in [-0.15, -0.1) is 0 Å². The summed E-state index contributed by atoms with van der Waals surface area (Å²) >= 11 is 0. The molecular formula is C16H22F2N2O2. The predicted molar refractivity (Wildman–Crippen MR) is 79.5 cm³/mol. The van der Waals surface area contributed by atoms with Gasteiger partial charge in [0.25, 0.3) is 0 Å². The average Bonchev–Trinajstić information content (AvgIpc) is 2.40. The van der Waals surface area contributed by atoms with Gasteiger partial charge in [0.05, 0.1) is 6.04 Å². The Morgan fingerprint density at radius 3 is 2.59 bits per heavy atom. The normalized spacial score (nSPS) is 22.5. The van der Waals surface area contributed by atoms with E-state index in [-0.39, 0.29) is 12.1 Å². The maximum Gasteiger partial charge on any atom is 0.410 e. The molecule has 0 saturated carbocycles. The third-order valence-electron chi connectivity index (χ3n) is 3.46. The van der Waals surface area contributed by atoms with E-state index in [1.54, 1.807) is 25.7 Å². The van der Waals surface area contributed by atoms with Crippen LogP contribution in [0.2, 0.25) is 0 Å². The summed E-state index contributed by atoms with van der Waals surface area (Å²) in [6.07, 6.45) is -0.449. The van der Waals surface area contributed by atoms with Crippen molar-refractivity contribution in [2.45, 2.75) is 45.4 Å². The van der Waals surface area contributed by atoms with E-state index < -0.39 is 23.3 Å². The maximum absolute atomic E-state index is 13.5. The third kappa shape index (κ3) is 3.94. The Morgan fingerprint density at radius 1 is 1.32 bits per heavy atom. The van der Waals surface area contributed by atoms with Crippen molar-refractivity contribution in [3.05, 3.63) is 35.4 Å². The SMILES string of the molecule is C[C@@H]1CN(C(=O)OC(C)(C)C)[C@@H](c2ccc(F)c(F)c2)CN1. The predicted octanol–water partition coefficient (Wildman–Crippen LogP) is 3.23. The number of hydrogen-bond donors (Lipinski definition) is 1. The van der Waals surface area contributed by atoms with Crippen molar-refractivity contribution in [1.29, 1.82) is 0 Å². The lowest BCUT2D eigenvalue weighted by molar-refractivity contribution is 0.00782. The molecule has 1 aliphatic rings. The van der Waals surface area contributed by atoms with Gasteiger partial charge in [-0.1, -0.05) is 6.07 Å². The largest absolute Gasteiger partial charge is 0.444 e. The number of halogens is 2. The summed E-state index contributed by atoms with van der Waals surface area (Å²) in [6.45, 7) is 8.25. The van der Waals surface area contributed by atoms with E-state index in [4.69, 9.17) is 4.74 Å². The van der Waals surface area contributed by atoms with Gasteiger partial charge in [-0.05, 0) is 45.4 Å². The Labute approximate surface area is 129 Å². The fourth-order valence-corrected chi connectivity index (χ4v) is 2.45. The summed E-state index contributed by atoms with van der Waals surface area (Å²) in [5.41, 5.74) is -0.0618. The maximum atomic E-state index is 13.5. The van der Waals surface area contributed by atoms with E-state index in [2.05, 4.69) is 5.32 Å². The molecule has 4 nitrogen and oxygen atoms in total. The lowest BCUT2D eigenvalue weighted by Crippen LogP contribution is -2.54. The van der Waals surface area contributed by atoms with Crippen LogP contribution < -0.4 is 5.32 Å². The van der Waals surface area contributed by atoms with Gasteiger partial charge in [0.1, 0.15) is 5.60 Å². The van der Waals surface area contributed by atoms with Crippen LogP contribution in [0.5, 0.6) is 0 Å². The van der Waals surface area contributed by atoms with Gasteiger partial charge in [-0.25, -0.2) is 13.6 Å². The van der Waals surface area contributed by atoms with Gasteiger partial charge in [-0.2, -0.15) is 0 Å². The second-order valence-corrected chi connectivity index (χ2v) is 6.63. The zero-order valence-electron chi connectivity index (χ0n) is 13.3. The molecule has 0 radical (unpaired) electrons. The second kappa shape index (κ2) is 6.20. The highest BCUT2D eigenvalue weighted by molar-refractivity contribution is 5.69. The molecule has 0 aliphatic carbocycles. The first kappa shape index (κ1) is 16.7. The number of rotatable bonds is 1. The highest BCUT2D eigenvalue weighted by Crippen LogP contribution is 2.27. The van der Waals surface area contributed by atoms with Crippen LogP contribution in [0, 0.1) is 11.6 Å². The van der Waals surface area contributed by atoms with Crippen LogP contribution in [-0.2, 0) is 4.74 Å². The van der Waals surface area contributed by atoms with Crippen molar-refractivity contribution < 1.29 is 18.3 Å². The number of piperazine rings is 1.